The number of alkyl halides is 3. The Bertz CT molecular complexity index is 914. The fraction of sp³-hybridized carbons (Fsp3) is 0.188. The number of rotatable bonds is 5. The zero-order chi connectivity index (χ0) is 19.5. The molecule has 2 rings (SSSR count). The summed E-state index contributed by atoms with van der Waals surface area (Å²) in [6.07, 6.45) is -4.68. The van der Waals surface area contributed by atoms with Gasteiger partial charge in [-0.15, -0.1) is 0 Å². The summed E-state index contributed by atoms with van der Waals surface area (Å²) < 4.78 is 65.5. The van der Waals surface area contributed by atoms with Gasteiger partial charge in [-0.25, -0.2) is 13.5 Å². The third kappa shape index (κ3) is 4.33. The molecule has 0 atom stereocenters. The summed E-state index contributed by atoms with van der Waals surface area (Å²) in [6.45, 7) is 0. The van der Waals surface area contributed by atoms with E-state index in [4.69, 9.17) is 4.84 Å². The highest BCUT2D eigenvalue weighted by molar-refractivity contribution is 7.92. The molecule has 0 saturated carbocycles. The maximum atomic E-state index is 12.8. The van der Waals surface area contributed by atoms with Crippen molar-refractivity contribution in [2.45, 2.75) is 11.1 Å². The van der Waals surface area contributed by atoms with E-state index in [1.54, 1.807) is 0 Å². The minimum Gasteiger partial charge on any atom is -0.279 e. The highest BCUT2D eigenvalue weighted by atomic mass is 32.2. The first-order valence-electron chi connectivity index (χ1n) is 7.17. The fourth-order valence-electron chi connectivity index (χ4n) is 2.05. The van der Waals surface area contributed by atoms with Gasteiger partial charge < -0.3 is 0 Å². The predicted molar refractivity (Wildman–Crippen MR) is 87.8 cm³/mol. The maximum absolute atomic E-state index is 12.8. The maximum Gasteiger partial charge on any atom is 0.416 e. The molecule has 2 aromatic rings. The average molecular weight is 388 g/mol. The molecule has 6 nitrogen and oxygen atoms in total. The lowest BCUT2D eigenvalue weighted by atomic mass is 10.2. The molecule has 1 N–H and O–H groups in total. The van der Waals surface area contributed by atoms with Crippen LogP contribution in [-0.2, 0) is 21.0 Å². The van der Waals surface area contributed by atoms with Crippen molar-refractivity contribution in [1.29, 1.82) is 0 Å². The summed E-state index contributed by atoms with van der Waals surface area (Å²) in [7, 11) is -1.76. The van der Waals surface area contributed by atoms with Gasteiger partial charge in [0, 0.05) is 7.05 Å². The third-order valence-electron chi connectivity index (χ3n) is 3.43. The molecule has 26 heavy (non-hydrogen) atoms. The van der Waals surface area contributed by atoms with Crippen LogP contribution in [0.3, 0.4) is 0 Å². The summed E-state index contributed by atoms with van der Waals surface area (Å²) in [5, 5.41) is 0.886. The number of carbonyl (C=O) groups is 1. The van der Waals surface area contributed by atoms with Gasteiger partial charge in [-0.3, -0.25) is 14.4 Å². The normalized spacial score (nSPS) is 11.9. The summed E-state index contributed by atoms with van der Waals surface area (Å²) in [5.74, 6) is -0.630. The standard InChI is InChI=1S/C16H15F3N2O4S/c1-21(25-2)15(22)13-8-3-4-9-14(13)20-26(23,24)12-7-5-6-11(10-12)16(17,18)19/h3-10,20H,1-2H3. The quantitative estimate of drug-likeness (QED) is 0.799. The first-order chi connectivity index (χ1) is 12.1. The van der Waals surface area contributed by atoms with Crippen molar-refractivity contribution in [3.05, 3.63) is 59.7 Å². The number of benzene rings is 2. The van der Waals surface area contributed by atoms with E-state index in [1.807, 2.05) is 0 Å². The van der Waals surface area contributed by atoms with Gasteiger partial charge in [0.2, 0.25) is 0 Å². The van der Waals surface area contributed by atoms with Crippen LogP contribution in [0, 0.1) is 0 Å². The number of para-hydroxylation sites is 1. The molecular weight excluding hydrogens is 373 g/mol. The van der Waals surface area contributed by atoms with Gasteiger partial charge in [0.25, 0.3) is 15.9 Å². The van der Waals surface area contributed by atoms with Crippen molar-refractivity contribution in [1.82, 2.24) is 5.06 Å². The van der Waals surface area contributed by atoms with Gasteiger partial charge in [-0.1, -0.05) is 18.2 Å². The first kappa shape index (κ1) is 19.7. The van der Waals surface area contributed by atoms with E-state index in [2.05, 4.69) is 4.72 Å². The Morgan fingerprint density at radius 3 is 2.38 bits per heavy atom. The molecule has 0 aliphatic heterocycles. The molecule has 0 unspecified atom stereocenters. The molecule has 1 amide bonds. The number of anilines is 1. The molecule has 0 aromatic heterocycles. The molecule has 0 aliphatic rings. The summed E-state index contributed by atoms with van der Waals surface area (Å²) >= 11 is 0. The topological polar surface area (TPSA) is 75.7 Å². The predicted octanol–water partition coefficient (Wildman–Crippen LogP) is 3.14. The van der Waals surface area contributed by atoms with Crippen molar-refractivity contribution in [3.63, 3.8) is 0 Å². The van der Waals surface area contributed by atoms with Crippen LogP contribution in [0.1, 0.15) is 15.9 Å². The van der Waals surface area contributed by atoms with E-state index >= 15 is 0 Å². The van der Waals surface area contributed by atoms with Crippen LogP contribution in [0.25, 0.3) is 0 Å². The summed E-state index contributed by atoms with van der Waals surface area (Å²) in [5.41, 5.74) is -1.20. The largest absolute Gasteiger partial charge is 0.416 e. The van der Waals surface area contributed by atoms with E-state index in [-0.39, 0.29) is 11.3 Å². The molecule has 0 fully saturated rings. The lowest BCUT2D eigenvalue weighted by Gasteiger charge is -2.17. The van der Waals surface area contributed by atoms with Crippen LogP contribution in [0.4, 0.5) is 18.9 Å². The monoisotopic (exact) mass is 388 g/mol. The molecule has 0 saturated heterocycles. The Labute approximate surface area is 148 Å². The van der Waals surface area contributed by atoms with Crippen LogP contribution in [-0.4, -0.2) is 33.5 Å². The van der Waals surface area contributed by atoms with Crippen molar-refractivity contribution >= 4 is 21.6 Å². The Balaban J connectivity index is 2.41. The lowest BCUT2D eigenvalue weighted by molar-refractivity contribution is -0.137. The number of carbonyl (C=O) groups excluding carboxylic acids is 1. The van der Waals surface area contributed by atoms with Gasteiger partial charge in [-0.05, 0) is 30.3 Å². The van der Waals surface area contributed by atoms with Crippen molar-refractivity contribution in [3.8, 4) is 0 Å². The van der Waals surface area contributed by atoms with Gasteiger partial charge in [0.15, 0.2) is 0 Å². The molecule has 0 spiro atoms. The molecule has 0 bridgehead atoms. The summed E-state index contributed by atoms with van der Waals surface area (Å²) in [6, 6.07) is 8.99. The molecule has 0 aliphatic carbocycles. The second-order valence-corrected chi connectivity index (χ2v) is 6.84. The van der Waals surface area contributed by atoms with Gasteiger partial charge in [0.1, 0.15) is 0 Å². The fourth-order valence-corrected chi connectivity index (χ4v) is 3.18. The number of hydrogen-bond donors (Lipinski definition) is 1. The number of nitrogens with zero attached hydrogens (tertiary/aromatic N) is 1. The highest BCUT2D eigenvalue weighted by Crippen LogP contribution is 2.31. The lowest BCUT2D eigenvalue weighted by Crippen LogP contribution is -2.27. The molecular formula is C16H15F3N2O4S. The number of sulfonamides is 1. The Morgan fingerprint density at radius 2 is 1.77 bits per heavy atom. The van der Waals surface area contributed by atoms with Crippen molar-refractivity contribution in [2.75, 3.05) is 18.9 Å². The Kier molecular flexibility index (Phi) is 5.57. The molecule has 140 valence electrons. The van der Waals surface area contributed by atoms with Crippen molar-refractivity contribution in [2.24, 2.45) is 0 Å². The van der Waals surface area contributed by atoms with Gasteiger partial charge in [-0.2, -0.15) is 13.2 Å². The SMILES string of the molecule is CON(C)C(=O)c1ccccc1NS(=O)(=O)c1cccc(C(F)(F)F)c1. The number of halogens is 3. The highest BCUT2D eigenvalue weighted by Gasteiger charge is 2.32. The van der Waals surface area contributed by atoms with Crippen LogP contribution in [0.2, 0.25) is 0 Å². The van der Waals surface area contributed by atoms with Gasteiger partial charge in [0.05, 0.1) is 28.8 Å². The van der Waals surface area contributed by atoms with Crippen LogP contribution in [0.5, 0.6) is 0 Å². The summed E-state index contributed by atoms with van der Waals surface area (Å²) in [4.78, 5) is 16.4. The third-order valence-corrected chi connectivity index (χ3v) is 4.80. The van der Waals surface area contributed by atoms with Crippen molar-refractivity contribution < 1.29 is 31.2 Å². The Morgan fingerprint density at radius 1 is 1.12 bits per heavy atom. The van der Waals surface area contributed by atoms with E-state index in [1.165, 1.54) is 38.4 Å². The second kappa shape index (κ2) is 7.34. The Hall–Kier alpha value is -2.59. The average Bonchev–Trinajstić information content (AvgIpc) is 2.60. The number of hydrogen-bond acceptors (Lipinski definition) is 4. The minimum atomic E-state index is -4.68. The van der Waals surface area contributed by atoms with Crippen LogP contribution < -0.4 is 4.72 Å². The van der Waals surface area contributed by atoms with E-state index in [9.17, 15) is 26.4 Å². The zero-order valence-corrected chi connectivity index (χ0v) is 14.6. The van der Waals surface area contributed by atoms with Crippen LogP contribution >= 0.6 is 0 Å². The van der Waals surface area contributed by atoms with Crippen LogP contribution in [0.15, 0.2) is 53.4 Å². The van der Waals surface area contributed by atoms with E-state index in [0.29, 0.717) is 6.07 Å². The molecule has 10 heteroatoms. The number of hydroxylamine groups is 2. The zero-order valence-electron chi connectivity index (χ0n) is 13.7. The van der Waals surface area contributed by atoms with Gasteiger partial charge >= 0.3 is 6.18 Å². The molecule has 0 heterocycles. The number of amides is 1. The molecule has 0 radical (unpaired) electrons. The second-order valence-electron chi connectivity index (χ2n) is 5.16. The smallest absolute Gasteiger partial charge is 0.279 e. The molecule has 2 aromatic carbocycles. The number of nitrogens with one attached hydrogen (secondary N) is 1. The first-order valence-corrected chi connectivity index (χ1v) is 8.66. The minimum absolute atomic E-state index is 0.0209. The van der Waals surface area contributed by atoms with E-state index in [0.717, 1.165) is 23.3 Å². The van der Waals surface area contributed by atoms with E-state index < -0.39 is 32.6 Å².